The molecule has 0 fully saturated rings. The zero-order chi connectivity index (χ0) is 9.52. The van der Waals surface area contributed by atoms with Gasteiger partial charge < -0.3 is 10.1 Å². The molecule has 0 aliphatic rings. The van der Waals surface area contributed by atoms with Gasteiger partial charge in [0.1, 0.15) is 5.75 Å². The summed E-state index contributed by atoms with van der Waals surface area (Å²) in [5.74, 6) is 0.903. The van der Waals surface area contributed by atoms with E-state index in [0.717, 1.165) is 18.7 Å². The van der Waals surface area contributed by atoms with Crippen molar-refractivity contribution in [2.75, 3.05) is 20.2 Å². The number of nitrogens with one attached hydrogen (secondary N) is 1. The third-order valence-corrected chi connectivity index (χ3v) is 1.81. The van der Waals surface area contributed by atoms with E-state index >= 15 is 0 Å². The second-order valence-corrected chi connectivity index (χ2v) is 2.77. The molecule has 0 amide bonds. The van der Waals surface area contributed by atoms with E-state index in [2.05, 4.69) is 10.3 Å². The standard InChI is InChI=1S/C10H16N2O/c1-3-13-10-8-12-7-5-9(10)4-6-11-2/h5,7-8,11H,3-4,6H2,1-2H3. The maximum atomic E-state index is 5.44. The molecule has 0 spiro atoms. The summed E-state index contributed by atoms with van der Waals surface area (Å²) in [5.41, 5.74) is 1.21. The molecule has 1 aromatic rings. The van der Waals surface area contributed by atoms with Crippen molar-refractivity contribution < 1.29 is 4.74 Å². The zero-order valence-electron chi connectivity index (χ0n) is 8.21. The van der Waals surface area contributed by atoms with Gasteiger partial charge in [-0.25, -0.2) is 0 Å². The molecule has 0 bridgehead atoms. The van der Waals surface area contributed by atoms with Gasteiger partial charge in [-0.05, 0) is 38.6 Å². The van der Waals surface area contributed by atoms with Gasteiger partial charge in [-0.3, -0.25) is 4.98 Å². The van der Waals surface area contributed by atoms with E-state index in [0.29, 0.717) is 6.61 Å². The van der Waals surface area contributed by atoms with Gasteiger partial charge in [0.15, 0.2) is 0 Å². The van der Waals surface area contributed by atoms with Crippen LogP contribution in [0.25, 0.3) is 0 Å². The summed E-state index contributed by atoms with van der Waals surface area (Å²) >= 11 is 0. The normalized spacial score (nSPS) is 10.0. The Morgan fingerprint density at radius 2 is 2.38 bits per heavy atom. The molecule has 1 aromatic heterocycles. The van der Waals surface area contributed by atoms with Crippen molar-refractivity contribution in [3.05, 3.63) is 24.0 Å². The van der Waals surface area contributed by atoms with Crippen LogP contribution < -0.4 is 10.1 Å². The van der Waals surface area contributed by atoms with E-state index in [-0.39, 0.29) is 0 Å². The Morgan fingerprint density at radius 3 is 3.08 bits per heavy atom. The van der Waals surface area contributed by atoms with Gasteiger partial charge in [-0.15, -0.1) is 0 Å². The molecular weight excluding hydrogens is 164 g/mol. The Labute approximate surface area is 79.1 Å². The molecule has 0 aliphatic carbocycles. The fraction of sp³-hybridized carbons (Fsp3) is 0.500. The molecule has 0 atom stereocenters. The van der Waals surface area contributed by atoms with Crippen LogP contribution in [0.2, 0.25) is 0 Å². The molecule has 0 saturated carbocycles. The fourth-order valence-electron chi connectivity index (χ4n) is 1.16. The first-order valence-electron chi connectivity index (χ1n) is 4.58. The van der Waals surface area contributed by atoms with Gasteiger partial charge in [0.2, 0.25) is 0 Å². The number of likely N-dealkylation sites (N-methyl/N-ethyl adjacent to an activating group) is 1. The highest BCUT2D eigenvalue weighted by Crippen LogP contribution is 2.16. The minimum atomic E-state index is 0.693. The Morgan fingerprint density at radius 1 is 1.54 bits per heavy atom. The second-order valence-electron chi connectivity index (χ2n) is 2.77. The largest absolute Gasteiger partial charge is 0.492 e. The first kappa shape index (κ1) is 9.99. The number of aromatic nitrogens is 1. The summed E-state index contributed by atoms with van der Waals surface area (Å²) in [6, 6.07) is 2.00. The van der Waals surface area contributed by atoms with E-state index in [1.807, 2.05) is 20.0 Å². The average molecular weight is 180 g/mol. The maximum Gasteiger partial charge on any atom is 0.140 e. The number of rotatable bonds is 5. The number of pyridine rings is 1. The van der Waals surface area contributed by atoms with E-state index in [9.17, 15) is 0 Å². The summed E-state index contributed by atoms with van der Waals surface area (Å²) in [4.78, 5) is 4.03. The third-order valence-electron chi connectivity index (χ3n) is 1.81. The first-order valence-corrected chi connectivity index (χ1v) is 4.58. The van der Waals surface area contributed by atoms with Crippen molar-refractivity contribution in [3.63, 3.8) is 0 Å². The highest BCUT2D eigenvalue weighted by Gasteiger charge is 2.01. The van der Waals surface area contributed by atoms with Crippen LogP contribution in [0.3, 0.4) is 0 Å². The van der Waals surface area contributed by atoms with Gasteiger partial charge in [0.25, 0.3) is 0 Å². The quantitative estimate of drug-likeness (QED) is 0.740. The molecule has 1 rings (SSSR count). The van der Waals surface area contributed by atoms with E-state index in [4.69, 9.17) is 4.74 Å². The predicted molar refractivity (Wildman–Crippen MR) is 53.0 cm³/mol. The lowest BCUT2D eigenvalue weighted by molar-refractivity contribution is 0.335. The highest BCUT2D eigenvalue weighted by molar-refractivity contribution is 5.29. The van der Waals surface area contributed by atoms with E-state index in [1.54, 1.807) is 12.4 Å². The molecule has 3 nitrogen and oxygen atoms in total. The molecule has 13 heavy (non-hydrogen) atoms. The van der Waals surface area contributed by atoms with Crippen molar-refractivity contribution in [2.45, 2.75) is 13.3 Å². The Bertz CT molecular complexity index is 250. The second kappa shape index (κ2) is 5.54. The van der Waals surface area contributed by atoms with Gasteiger partial charge >= 0.3 is 0 Å². The molecule has 0 aromatic carbocycles. The molecule has 3 heteroatoms. The maximum absolute atomic E-state index is 5.44. The first-order chi connectivity index (χ1) is 6.38. The van der Waals surface area contributed by atoms with Crippen LogP contribution in [0.5, 0.6) is 5.75 Å². The van der Waals surface area contributed by atoms with Crippen LogP contribution in [0.15, 0.2) is 18.5 Å². The molecular formula is C10H16N2O. The zero-order valence-corrected chi connectivity index (χ0v) is 8.21. The predicted octanol–water partition coefficient (Wildman–Crippen LogP) is 1.24. The molecule has 0 saturated heterocycles. The molecule has 1 N–H and O–H groups in total. The number of hydrogen-bond donors (Lipinski definition) is 1. The van der Waals surface area contributed by atoms with Crippen molar-refractivity contribution >= 4 is 0 Å². The molecule has 0 radical (unpaired) electrons. The van der Waals surface area contributed by atoms with Crippen LogP contribution in [-0.2, 0) is 6.42 Å². The van der Waals surface area contributed by atoms with E-state index < -0.39 is 0 Å². The van der Waals surface area contributed by atoms with Crippen molar-refractivity contribution in [3.8, 4) is 5.75 Å². The van der Waals surface area contributed by atoms with E-state index in [1.165, 1.54) is 5.56 Å². The van der Waals surface area contributed by atoms with Gasteiger partial charge in [-0.2, -0.15) is 0 Å². The van der Waals surface area contributed by atoms with Gasteiger partial charge in [0.05, 0.1) is 12.8 Å². The average Bonchev–Trinajstić information content (AvgIpc) is 2.17. The monoisotopic (exact) mass is 180 g/mol. The molecule has 0 aliphatic heterocycles. The summed E-state index contributed by atoms with van der Waals surface area (Å²) in [5, 5.41) is 3.11. The smallest absolute Gasteiger partial charge is 0.140 e. The van der Waals surface area contributed by atoms with Crippen LogP contribution in [0, 0.1) is 0 Å². The molecule has 72 valence electrons. The summed E-state index contributed by atoms with van der Waals surface area (Å²) in [6.45, 7) is 3.64. The van der Waals surface area contributed by atoms with Crippen LogP contribution in [0.1, 0.15) is 12.5 Å². The fourth-order valence-corrected chi connectivity index (χ4v) is 1.16. The van der Waals surface area contributed by atoms with Crippen LogP contribution >= 0.6 is 0 Å². The van der Waals surface area contributed by atoms with Crippen LogP contribution in [-0.4, -0.2) is 25.2 Å². The lowest BCUT2D eigenvalue weighted by Gasteiger charge is -2.08. The van der Waals surface area contributed by atoms with Crippen molar-refractivity contribution in [2.24, 2.45) is 0 Å². The summed E-state index contributed by atoms with van der Waals surface area (Å²) < 4.78 is 5.44. The van der Waals surface area contributed by atoms with Crippen LogP contribution in [0.4, 0.5) is 0 Å². The third kappa shape index (κ3) is 3.03. The SMILES string of the molecule is CCOc1cnccc1CCNC. The number of ether oxygens (including phenoxy) is 1. The highest BCUT2D eigenvalue weighted by atomic mass is 16.5. The number of hydrogen-bond acceptors (Lipinski definition) is 3. The lowest BCUT2D eigenvalue weighted by atomic mass is 10.2. The lowest BCUT2D eigenvalue weighted by Crippen LogP contribution is -2.11. The Hall–Kier alpha value is -1.09. The van der Waals surface area contributed by atoms with Crippen molar-refractivity contribution in [1.29, 1.82) is 0 Å². The Kier molecular flexibility index (Phi) is 4.26. The minimum absolute atomic E-state index is 0.693. The number of nitrogens with zero attached hydrogens (tertiary/aromatic N) is 1. The van der Waals surface area contributed by atoms with Crippen molar-refractivity contribution in [1.82, 2.24) is 10.3 Å². The Balaban J connectivity index is 2.66. The summed E-state index contributed by atoms with van der Waals surface area (Å²) in [6.07, 6.45) is 4.55. The van der Waals surface area contributed by atoms with Gasteiger partial charge in [-0.1, -0.05) is 0 Å². The van der Waals surface area contributed by atoms with Gasteiger partial charge in [0, 0.05) is 6.20 Å². The summed E-state index contributed by atoms with van der Waals surface area (Å²) in [7, 11) is 1.95. The minimum Gasteiger partial charge on any atom is -0.492 e. The topological polar surface area (TPSA) is 34.1 Å². The molecule has 0 unspecified atom stereocenters. The molecule has 1 heterocycles.